The van der Waals surface area contributed by atoms with Crippen LogP contribution in [0.25, 0.3) is 10.8 Å². The number of rotatable bonds is 4. The van der Waals surface area contributed by atoms with Gasteiger partial charge in [0.05, 0.1) is 8.07 Å². The maximum absolute atomic E-state index is 9.09. The van der Waals surface area contributed by atoms with Crippen molar-refractivity contribution in [3.05, 3.63) is 48.0 Å². The fourth-order valence-electron chi connectivity index (χ4n) is 2.29. The fraction of sp³-hybridized carbons (Fsp3) is 0.333. The van der Waals surface area contributed by atoms with Crippen LogP contribution in [-0.4, -0.2) is 19.8 Å². The topological polar surface area (TPSA) is 20.2 Å². The molecule has 0 amide bonds. The molecule has 0 aliphatic heterocycles. The molecule has 17 heavy (non-hydrogen) atoms. The van der Waals surface area contributed by atoms with Gasteiger partial charge in [-0.05, 0) is 22.9 Å². The molecule has 0 saturated carbocycles. The van der Waals surface area contributed by atoms with Crippen LogP contribution in [0, 0.1) is 0 Å². The Morgan fingerprint density at radius 2 is 1.71 bits per heavy atom. The van der Waals surface area contributed by atoms with Crippen LogP contribution < -0.4 is 0 Å². The lowest BCUT2D eigenvalue weighted by Gasteiger charge is -2.21. The molecule has 1 N–H and O–H groups in total. The van der Waals surface area contributed by atoms with Crippen LogP contribution in [0.15, 0.2) is 42.5 Å². The number of aliphatic hydroxyl groups excluding tert-OH is 1. The van der Waals surface area contributed by atoms with Gasteiger partial charge in [0, 0.05) is 6.61 Å². The first-order valence-corrected chi connectivity index (χ1v) is 9.61. The van der Waals surface area contributed by atoms with Gasteiger partial charge in [-0.2, -0.15) is 0 Å². The Hall–Kier alpha value is -1.12. The van der Waals surface area contributed by atoms with Crippen molar-refractivity contribution in [2.24, 2.45) is 0 Å². The van der Waals surface area contributed by atoms with Gasteiger partial charge in [0.25, 0.3) is 0 Å². The molecule has 2 aromatic rings. The molecule has 2 rings (SSSR count). The third kappa shape index (κ3) is 3.17. The molecule has 0 spiro atoms. The molecule has 0 radical (unpaired) electrons. The third-order valence-corrected chi connectivity index (χ3v) is 6.23. The van der Waals surface area contributed by atoms with Crippen LogP contribution >= 0.6 is 0 Å². The summed E-state index contributed by atoms with van der Waals surface area (Å²) in [6.45, 7) is 5.02. The van der Waals surface area contributed by atoms with Crippen LogP contribution in [0.2, 0.25) is 19.1 Å². The van der Waals surface area contributed by atoms with E-state index in [1.54, 1.807) is 0 Å². The Labute approximate surface area is 104 Å². The van der Waals surface area contributed by atoms with Crippen LogP contribution in [0.3, 0.4) is 0 Å². The minimum Gasteiger partial charge on any atom is -0.397 e. The van der Waals surface area contributed by atoms with E-state index in [4.69, 9.17) is 5.11 Å². The number of benzene rings is 2. The lowest BCUT2D eigenvalue weighted by atomic mass is 10.1. The van der Waals surface area contributed by atoms with Gasteiger partial charge < -0.3 is 5.11 Å². The van der Waals surface area contributed by atoms with Crippen LogP contribution in [0.4, 0.5) is 0 Å². The van der Waals surface area contributed by atoms with Crippen LogP contribution in [0.5, 0.6) is 0 Å². The van der Waals surface area contributed by atoms with E-state index in [-0.39, 0.29) is 0 Å². The first-order chi connectivity index (χ1) is 8.11. The van der Waals surface area contributed by atoms with Gasteiger partial charge >= 0.3 is 0 Å². The second-order valence-electron chi connectivity index (χ2n) is 5.50. The number of hydrogen-bond acceptors (Lipinski definition) is 1. The van der Waals surface area contributed by atoms with Crippen molar-refractivity contribution in [2.75, 3.05) is 6.61 Å². The summed E-state index contributed by atoms with van der Waals surface area (Å²) < 4.78 is 0. The van der Waals surface area contributed by atoms with Gasteiger partial charge in [0.1, 0.15) is 0 Å². The zero-order chi connectivity index (χ0) is 12.3. The molecule has 0 bridgehead atoms. The summed E-state index contributed by atoms with van der Waals surface area (Å²) in [6, 6.07) is 17.3. The van der Waals surface area contributed by atoms with E-state index in [9.17, 15) is 0 Å². The molecule has 0 aromatic heterocycles. The van der Waals surface area contributed by atoms with Crippen molar-refractivity contribution in [2.45, 2.75) is 25.2 Å². The molecule has 0 unspecified atom stereocenters. The minimum atomic E-state index is -1.28. The summed E-state index contributed by atoms with van der Waals surface area (Å²) in [5.41, 5.74) is 1.41. The normalized spacial score (nSPS) is 11.9. The monoisotopic (exact) mass is 244 g/mol. The number of hydrogen-bond donors (Lipinski definition) is 1. The molecule has 2 aromatic carbocycles. The smallest absolute Gasteiger partial charge is 0.0540 e. The predicted molar refractivity (Wildman–Crippen MR) is 77.0 cm³/mol. The van der Waals surface area contributed by atoms with Crippen molar-refractivity contribution in [1.29, 1.82) is 0 Å². The van der Waals surface area contributed by atoms with Crippen molar-refractivity contribution in [1.82, 2.24) is 0 Å². The standard InChI is InChI=1S/C15H20OSi/c1-17(2,10-9-16)12-13-7-8-14-5-3-4-6-15(14)11-13/h3-8,11,16H,9-10,12H2,1-2H3. The number of aliphatic hydroxyl groups is 1. The van der Waals surface area contributed by atoms with Crippen molar-refractivity contribution >= 4 is 18.8 Å². The first-order valence-electron chi connectivity index (χ1n) is 6.19. The molecule has 0 fully saturated rings. The Kier molecular flexibility index (Phi) is 3.65. The second kappa shape index (κ2) is 5.03. The molecule has 2 heteroatoms. The summed E-state index contributed by atoms with van der Waals surface area (Å²) in [7, 11) is -1.28. The van der Waals surface area contributed by atoms with Gasteiger partial charge in [-0.25, -0.2) is 0 Å². The van der Waals surface area contributed by atoms with E-state index < -0.39 is 8.07 Å². The zero-order valence-electron chi connectivity index (χ0n) is 10.6. The van der Waals surface area contributed by atoms with Crippen molar-refractivity contribution < 1.29 is 5.11 Å². The first kappa shape index (κ1) is 12.3. The van der Waals surface area contributed by atoms with Crippen molar-refractivity contribution in [3.63, 3.8) is 0 Å². The molecule has 1 nitrogen and oxygen atoms in total. The number of fused-ring (bicyclic) bond motifs is 1. The van der Waals surface area contributed by atoms with Crippen LogP contribution in [-0.2, 0) is 6.04 Å². The zero-order valence-corrected chi connectivity index (χ0v) is 11.6. The Balaban J connectivity index is 2.25. The lowest BCUT2D eigenvalue weighted by molar-refractivity contribution is 0.316. The highest BCUT2D eigenvalue weighted by atomic mass is 28.3. The van der Waals surface area contributed by atoms with E-state index in [2.05, 4.69) is 55.6 Å². The highest BCUT2D eigenvalue weighted by Crippen LogP contribution is 2.20. The largest absolute Gasteiger partial charge is 0.397 e. The fourth-order valence-corrected chi connectivity index (χ4v) is 4.40. The third-order valence-electron chi connectivity index (χ3n) is 3.29. The van der Waals surface area contributed by atoms with E-state index >= 15 is 0 Å². The van der Waals surface area contributed by atoms with Gasteiger partial charge in [-0.3, -0.25) is 0 Å². The van der Waals surface area contributed by atoms with Gasteiger partial charge in [-0.15, -0.1) is 0 Å². The highest BCUT2D eigenvalue weighted by molar-refractivity contribution is 6.76. The van der Waals surface area contributed by atoms with E-state index in [1.165, 1.54) is 16.3 Å². The summed E-state index contributed by atoms with van der Waals surface area (Å²) in [6.07, 6.45) is 0. The SMILES string of the molecule is C[Si](C)(CCO)Cc1ccc2ccccc2c1. The quantitative estimate of drug-likeness (QED) is 0.814. The average molecular weight is 244 g/mol. The van der Waals surface area contributed by atoms with Gasteiger partial charge in [0.2, 0.25) is 0 Å². The molecule has 0 heterocycles. The molecule has 0 aliphatic rings. The average Bonchev–Trinajstić information content (AvgIpc) is 2.28. The summed E-state index contributed by atoms with van der Waals surface area (Å²) in [4.78, 5) is 0. The summed E-state index contributed by atoms with van der Waals surface area (Å²) in [5, 5.41) is 11.7. The molecular formula is C15H20OSi. The Morgan fingerprint density at radius 3 is 2.41 bits per heavy atom. The lowest BCUT2D eigenvalue weighted by Crippen LogP contribution is -2.30. The van der Waals surface area contributed by atoms with Crippen LogP contribution in [0.1, 0.15) is 5.56 Å². The highest BCUT2D eigenvalue weighted by Gasteiger charge is 2.20. The second-order valence-corrected chi connectivity index (χ2v) is 10.7. The molecule has 0 aliphatic carbocycles. The minimum absolute atomic E-state index is 0.326. The maximum atomic E-state index is 9.09. The molecule has 0 saturated heterocycles. The Morgan fingerprint density at radius 1 is 1.00 bits per heavy atom. The maximum Gasteiger partial charge on any atom is 0.0540 e. The molecule has 90 valence electrons. The van der Waals surface area contributed by atoms with Gasteiger partial charge in [0.15, 0.2) is 0 Å². The predicted octanol–water partition coefficient (Wildman–Crippen LogP) is 3.62. The molecule has 0 atom stereocenters. The summed E-state index contributed by atoms with van der Waals surface area (Å²) in [5.74, 6) is 0. The van der Waals surface area contributed by atoms with E-state index in [0.29, 0.717) is 6.61 Å². The van der Waals surface area contributed by atoms with Gasteiger partial charge in [-0.1, -0.05) is 61.1 Å². The Bertz CT molecular complexity index is 505. The van der Waals surface area contributed by atoms with Crippen molar-refractivity contribution in [3.8, 4) is 0 Å². The van der Waals surface area contributed by atoms with E-state index in [0.717, 1.165) is 12.1 Å². The van der Waals surface area contributed by atoms with E-state index in [1.807, 2.05) is 0 Å². The summed E-state index contributed by atoms with van der Waals surface area (Å²) >= 11 is 0. The molecular weight excluding hydrogens is 224 g/mol.